The summed E-state index contributed by atoms with van der Waals surface area (Å²) in [5, 5.41) is 10.7. The smallest absolute Gasteiger partial charge is 0.244 e. The molecule has 1 aliphatic rings. The van der Waals surface area contributed by atoms with Crippen LogP contribution < -0.4 is 0 Å². The Morgan fingerprint density at radius 2 is 1.88 bits per heavy atom. The van der Waals surface area contributed by atoms with Crippen LogP contribution in [-0.4, -0.2) is 54.9 Å². The molecule has 2 heterocycles. The molecule has 0 bridgehead atoms. The fraction of sp³-hybridized carbons (Fsp3) is 0.353. The number of thioether (sulfide) groups is 1. The molecule has 3 rings (SSSR count). The predicted molar refractivity (Wildman–Crippen MR) is 95.9 cm³/mol. The number of aromatic nitrogens is 1. The number of morpholine rings is 1. The van der Waals surface area contributed by atoms with Crippen molar-refractivity contribution >= 4 is 21.8 Å². The van der Waals surface area contributed by atoms with Crippen LogP contribution in [0.15, 0.2) is 52.5 Å². The molecule has 6 nitrogen and oxygen atoms in total. The molecule has 1 fully saturated rings. The Morgan fingerprint density at radius 1 is 1.19 bits per heavy atom. The van der Waals surface area contributed by atoms with Crippen molar-refractivity contribution < 1.29 is 22.7 Å². The first kappa shape index (κ1) is 19.2. The van der Waals surface area contributed by atoms with Gasteiger partial charge in [0.15, 0.2) is 0 Å². The van der Waals surface area contributed by atoms with Crippen molar-refractivity contribution in [3.05, 3.63) is 54.0 Å². The number of ether oxygens (including phenoxy) is 1. The van der Waals surface area contributed by atoms with Gasteiger partial charge in [0, 0.05) is 25.0 Å². The molecular weight excluding hydrogens is 379 g/mol. The molecule has 0 saturated carbocycles. The molecule has 140 valence electrons. The van der Waals surface area contributed by atoms with E-state index in [0.29, 0.717) is 42.6 Å². The van der Waals surface area contributed by atoms with Gasteiger partial charge in [0.1, 0.15) is 10.7 Å². The van der Waals surface area contributed by atoms with Crippen molar-refractivity contribution in [3.8, 4) is 0 Å². The molecule has 26 heavy (non-hydrogen) atoms. The highest BCUT2D eigenvalue weighted by Crippen LogP contribution is 2.25. The standard InChI is InChI=1S/C17H19FN2O4S2/c18-14-3-1-13(2-4-14)16(21)12-25-17-6-5-15(11-19-17)26(22,23)20-7-9-24-10-8-20/h1-6,11,16,21H,7-10,12H2. The van der Waals surface area contributed by atoms with Crippen LogP contribution in [0.4, 0.5) is 4.39 Å². The summed E-state index contributed by atoms with van der Waals surface area (Å²) in [4.78, 5) is 4.32. The molecule has 0 radical (unpaired) electrons. The highest BCUT2D eigenvalue weighted by atomic mass is 32.2. The van der Waals surface area contributed by atoms with E-state index in [9.17, 15) is 17.9 Å². The fourth-order valence-corrected chi connectivity index (χ4v) is 4.65. The van der Waals surface area contributed by atoms with E-state index < -0.39 is 16.1 Å². The van der Waals surface area contributed by atoms with Crippen LogP contribution >= 0.6 is 11.8 Å². The van der Waals surface area contributed by atoms with Gasteiger partial charge in [0.25, 0.3) is 0 Å². The molecule has 1 unspecified atom stereocenters. The van der Waals surface area contributed by atoms with Gasteiger partial charge in [0.05, 0.1) is 24.3 Å². The first-order chi connectivity index (χ1) is 12.5. The summed E-state index contributed by atoms with van der Waals surface area (Å²) >= 11 is 1.30. The molecule has 0 amide bonds. The minimum Gasteiger partial charge on any atom is -0.388 e. The van der Waals surface area contributed by atoms with Gasteiger partial charge in [-0.05, 0) is 29.8 Å². The quantitative estimate of drug-likeness (QED) is 0.751. The maximum absolute atomic E-state index is 12.9. The molecule has 2 aromatic rings. The van der Waals surface area contributed by atoms with Gasteiger partial charge in [-0.1, -0.05) is 12.1 Å². The van der Waals surface area contributed by atoms with Crippen LogP contribution in [0.3, 0.4) is 0 Å². The van der Waals surface area contributed by atoms with Gasteiger partial charge in [0.2, 0.25) is 10.0 Å². The lowest BCUT2D eigenvalue weighted by atomic mass is 10.1. The normalized spacial score (nSPS) is 17.2. The lowest BCUT2D eigenvalue weighted by molar-refractivity contribution is 0.0730. The highest BCUT2D eigenvalue weighted by Gasteiger charge is 2.26. The van der Waals surface area contributed by atoms with Crippen LogP contribution in [0.25, 0.3) is 0 Å². The minimum absolute atomic E-state index is 0.142. The number of sulfonamides is 1. The van der Waals surface area contributed by atoms with Gasteiger partial charge in [-0.15, -0.1) is 11.8 Å². The summed E-state index contributed by atoms with van der Waals surface area (Å²) in [6.45, 7) is 1.45. The van der Waals surface area contributed by atoms with Crippen LogP contribution in [0, 0.1) is 5.82 Å². The average Bonchev–Trinajstić information content (AvgIpc) is 2.67. The number of pyridine rings is 1. The summed E-state index contributed by atoms with van der Waals surface area (Å²) in [7, 11) is -3.56. The van der Waals surface area contributed by atoms with Gasteiger partial charge in [-0.2, -0.15) is 4.31 Å². The number of aliphatic hydroxyl groups excluding tert-OH is 1. The second-order valence-electron chi connectivity index (χ2n) is 5.73. The SMILES string of the molecule is O=S(=O)(c1ccc(SCC(O)c2ccc(F)cc2)nc1)N1CCOCC1. The Bertz CT molecular complexity index is 823. The van der Waals surface area contributed by atoms with E-state index in [2.05, 4.69) is 4.98 Å². The summed E-state index contributed by atoms with van der Waals surface area (Å²) in [6.07, 6.45) is 0.566. The molecule has 1 atom stereocenters. The van der Waals surface area contributed by atoms with E-state index in [0.717, 1.165) is 0 Å². The van der Waals surface area contributed by atoms with Gasteiger partial charge >= 0.3 is 0 Å². The van der Waals surface area contributed by atoms with Crippen molar-refractivity contribution in [2.24, 2.45) is 0 Å². The third kappa shape index (κ3) is 4.60. The number of nitrogens with zero attached hydrogens (tertiary/aromatic N) is 2. The predicted octanol–water partition coefficient (Wildman–Crippen LogP) is 2.07. The Balaban J connectivity index is 1.61. The van der Waals surface area contributed by atoms with Crippen LogP contribution in [0.5, 0.6) is 0 Å². The molecule has 1 aromatic carbocycles. The van der Waals surface area contributed by atoms with Crippen molar-refractivity contribution in [1.29, 1.82) is 0 Å². The number of halogens is 1. The first-order valence-electron chi connectivity index (χ1n) is 8.07. The van der Waals surface area contributed by atoms with Crippen molar-refractivity contribution in [2.75, 3.05) is 32.1 Å². The molecule has 1 aliphatic heterocycles. The maximum Gasteiger partial charge on any atom is 0.244 e. The summed E-state index contributed by atoms with van der Waals surface area (Å²) in [6, 6.07) is 8.80. The van der Waals surface area contributed by atoms with E-state index in [1.54, 1.807) is 6.07 Å². The summed E-state index contributed by atoms with van der Waals surface area (Å²) in [5.74, 6) is -0.0267. The van der Waals surface area contributed by atoms with Gasteiger partial charge in [-0.25, -0.2) is 17.8 Å². The molecule has 1 aromatic heterocycles. The van der Waals surface area contributed by atoms with E-state index in [-0.39, 0.29) is 10.7 Å². The molecule has 0 aliphatic carbocycles. The Hall–Kier alpha value is -1.52. The second-order valence-corrected chi connectivity index (χ2v) is 8.71. The summed E-state index contributed by atoms with van der Waals surface area (Å²) in [5.41, 5.74) is 0.616. The van der Waals surface area contributed by atoms with Crippen molar-refractivity contribution in [1.82, 2.24) is 9.29 Å². The monoisotopic (exact) mass is 398 g/mol. The van der Waals surface area contributed by atoms with Crippen LogP contribution in [-0.2, 0) is 14.8 Å². The van der Waals surface area contributed by atoms with Crippen molar-refractivity contribution in [3.63, 3.8) is 0 Å². The second kappa shape index (κ2) is 8.45. The van der Waals surface area contributed by atoms with E-state index in [4.69, 9.17) is 4.74 Å². The van der Waals surface area contributed by atoms with E-state index in [1.807, 2.05) is 0 Å². The zero-order valence-electron chi connectivity index (χ0n) is 13.9. The zero-order valence-corrected chi connectivity index (χ0v) is 15.5. The molecule has 0 spiro atoms. The molecule has 1 saturated heterocycles. The number of benzene rings is 1. The number of hydrogen-bond donors (Lipinski definition) is 1. The number of hydrogen-bond acceptors (Lipinski definition) is 6. The van der Waals surface area contributed by atoms with E-state index in [1.165, 1.54) is 52.6 Å². The van der Waals surface area contributed by atoms with Gasteiger partial charge < -0.3 is 9.84 Å². The first-order valence-corrected chi connectivity index (χ1v) is 10.5. The molecule has 9 heteroatoms. The van der Waals surface area contributed by atoms with Crippen molar-refractivity contribution in [2.45, 2.75) is 16.0 Å². The van der Waals surface area contributed by atoms with E-state index >= 15 is 0 Å². The Labute approximate surface area is 156 Å². The zero-order chi connectivity index (χ0) is 18.6. The topological polar surface area (TPSA) is 79.7 Å². The number of rotatable bonds is 6. The van der Waals surface area contributed by atoms with Crippen LogP contribution in [0.2, 0.25) is 0 Å². The molecule has 1 N–H and O–H groups in total. The third-order valence-electron chi connectivity index (χ3n) is 3.96. The summed E-state index contributed by atoms with van der Waals surface area (Å²) < 4.78 is 44.5. The number of aliphatic hydroxyl groups is 1. The highest BCUT2D eigenvalue weighted by molar-refractivity contribution is 7.99. The van der Waals surface area contributed by atoms with Gasteiger partial charge in [-0.3, -0.25) is 0 Å². The largest absolute Gasteiger partial charge is 0.388 e. The lowest BCUT2D eigenvalue weighted by Gasteiger charge is -2.25. The average molecular weight is 398 g/mol. The fourth-order valence-electron chi connectivity index (χ4n) is 2.49. The maximum atomic E-state index is 12.9. The minimum atomic E-state index is -3.56. The third-order valence-corrected chi connectivity index (χ3v) is 6.86. The lowest BCUT2D eigenvalue weighted by Crippen LogP contribution is -2.40. The Kier molecular flexibility index (Phi) is 6.25. The Morgan fingerprint density at radius 3 is 2.50 bits per heavy atom. The van der Waals surface area contributed by atoms with Crippen LogP contribution in [0.1, 0.15) is 11.7 Å². The molecular formula is C17H19FN2O4S2.